The van der Waals surface area contributed by atoms with Gasteiger partial charge in [-0.2, -0.15) is 0 Å². The molecule has 0 aliphatic carbocycles. The summed E-state index contributed by atoms with van der Waals surface area (Å²) in [6.07, 6.45) is 1.69. The minimum Gasteiger partial charge on any atom is -0.445 e. The number of benzene rings is 2. The second-order valence-electron chi connectivity index (χ2n) is 7.11. The fraction of sp³-hybridized carbons (Fsp3) is 0.286. The molecule has 2 aliphatic rings. The van der Waals surface area contributed by atoms with Crippen LogP contribution in [0.25, 0.3) is 0 Å². The Hall–Kier alpha value is -3.15. The van der Waals surface area contributed by atoms with E-state index in [1.807, 2.05) is 18.2 Å². The highest BCUT2D eigenvalue weighted by atomic mass is 16.6. The highest BCUT2D eigenvalue weighted by Crippen LogP contribution is 2.30. The Morgan fingerprint density at radius 1 is 1.15 bits per heavy atom. The molecular formula is C21H20N2O4. The van der Waals surface area contributed by atoms with Crippen LogP contribution in [0.5, 0.6) is 0 Å². The SMILES string of the molecule is C[C@@]1(C(=O)Nc2cccc(N3CCCC3=O)c2)Cc2ccccc2C(=O)O1. The minimum absolute atomic E-state index is 0.0863. The number of anilines is 2. The van der Waals surface area contributed by atoms with Gasteiger partial charge in [-0.15, -0.1) is 0 Å². The molecule has 4 rings (SSSR count). The van der Waals surface area contributed by atoms with Gasteiger partial charge in [-0.05, 0) is 43.2 Å². The molecule has 0 unspecified atom stereocenters. The van der Waals surface area contributed by atoms with Crippen LogP contribution in [0.3, 0.4) is 0 Å². The zero-order valence-corrected chi connectivity index (χ0v) is 15.0. The maximum absolute atomic E-state index is 12.9. The summed E-state index contributed by atoms with van der Waals surface area (Å²) < 4.78 is 5.47. The Morgan fingerprint density at radius 2 is 1.96 bits per heavy atom. The van der Waals surface area contributed by atoms with E-state index in [1.165, 1.54) is 0 Å². The van der Waals surface area contributed by atoms with E-state index in [0.29, 0.717) is 30.6 Å². The van der Waals surface area contributed by atoms with Crippen molar-refractivity contribution in [2.24, 2.45) is 0 Å². The molecule has 0 bridgehead atoms. The second kappa shape index (κ2) is 6.54. The Kier molecular flexibility index (Phi) is 4.18. The molecule has 2 amide bonds. The molecule has 27 heavy (non-hydrogen) atoms. The molecule has 6 heteroatoms. The van der Waals surface area contributed by atoms with Crippen LogP contribution in [-0.4, -0.2) is 29.9 Å². The van der Waals surface area contributed by atoms with E-state index in [-0.39, 0.29) is 5.91 Å². The van der Waals surface area contributed by atoms with Crippen LogP contribution in [0.1, 0.15) is 35.7 Å². The average Bonchev–Trinajstić information content (AvgIpc) is 3.08. The predicted molar refractivity (Wildman–Crippen MR) is 101 cm³/mol. The maximum Gasteiger partial charge on any atom is 0.339 e. The second-order valence-corrected chi connectivity index (χ2v) is 7.11. The Bertz CT molecular complexity index is 939. The van der Waals surface area contributed by atoms with Crippen molar-refractivity contribution < 1.29 is 19.1 Å². The Balaban J connectivity index is 1.54. The van der Waals surface area contributed by atoms with Crippen LogP contribution in [0, 0.1) is 0 Å². The first kappa shape index (κ1) is 17.3. The van der Waals surface area contributed by atoms with E-state index in [1.54, 1.807) is 42.2 Å². The lowest BCUT2D eigenvalue weighted by atomic mass is 9.89. The summed E-state index contributed by atoms with van der Waals surface area (Å²) in [4.78, 5) is 38.8. The predicted octanol–water partition coefficient (Wildman–Crippen LogP) is 2.92. The van der Waals surface area contributed by atoms with Gasteiger partial charge < -0.3 is 15.0 Å². The summed E-state index contributed by atoms with van der Waals surface area (Å²) in [7, 11) is 0. The van der Waals surface area contributed by atoms with E-state index in [9.17, 15) is 14.4 Å². The lowest BCUT2D eigenvalue weighted by Crippen LogP contribution is -2.48. The summed E-state index contributed by atoms with van der Waals surface area (Å²) >= 11 is 0. The van der Waals surface area contributed by atoms with Crippen molar-refractivity contribution >= 4 is 29.2 Å². The lowest BCUT2D eigenvalue weighted by Gasteiger charge is -2.33. The van der Waals surface area contributed by atoms with Crippen LogP contribution >= 0.6 is 0 Å². The van der Waals surface area contributed by atoms with Gasteiger partial charge in [0.05, 0.1) is 5.56 Å². The zero-order valence-electron chi connectivity index (χ0n) is 15.0. The number of ether oxygens (including phenoxy) is 1. The average molecular weight is 364 g/mol. The number of rotatable bonds is 3. The zero-order chi connectivity index (χ0) is 19.0. The van der Waals surface area contributed by atoms with Gasteiger partial charge >= 0.3 is 5.97 Å². The van der Waals surface area contributed by atoms with E-state index in [2.05, 4.69) is 5.32 Å². The molecule has 0 saturated carbocycles. The number of nitrogens with zero attached hydrogens (tertiary/aromatic N) is 1. The molecule has 2 heterocycles. The number of hydrogen-bond donors (Lipinski definition) is 1. The van der Waals surface area contributed by atoms with Crippen molar-refractivity contribution in [2.45, 2.75) is 31.8 Å². The molecule has 6 nitrogen and oxygen atoms in total. The number of esters is 1. The fourth-order valence-electron chi connectivity index (χ4n) is 3.60. The van der Waals surface area contributed by atoms with Gasteiger partial charge in [0.1, 0.15) is 0 Å². The van der Waals surface area contributed by atoms with Crippen molar-refractivity contribution in [1.29, 1.82) is 0 Å². The van der Waals surface area contributed by atoms with Gasteiger partial charge in [0, 0.05) is 30.8 Å². The lowest BCUT2D eigenvalue weighted by molar-refractivity contribution is -0.134. The Morgan fingerprint density at radius 3 is 2.74 bits per heavy atom. The van der Waals surface area contributed by atoms with Crippen molar-refractivity contribution in [3.05, 3.63) is 59.7 Å². The monoisotopic (exact) mass is 364 g/mol. The number of hydrogen-bond acceptors (Lipinski definition) is 4. The quantitative estimate of drug-likeness (QED) is 0.850. The molecule has 0 spiro atoms. The van der Waals surface area contributed by atoms with E-state index in [4.69, 9.17) is 4.74 Å². The summed E-state index contributed by atoms with van der Waals surface area (Å²) in [5, 5.41) is 2.83. The summed E-state index contributed by atoms with van der Waals surface area (Å²) in [5.41, 5.74) is 1.32. The molecule has 1 fully saturated rings. The van der Waals surface area contributed by atoms with Gasteiger partial charge in [0.2, 0.25) is 5.91 Å². The Labute approximate surface area is 157 Å². The topological polar surface area (TPSA) is 75.7 Å². The fourth-order valence-corrected chi connectivity index (χ4v) is 3.60. The first-order valence-corrected chi connectivity index (χ1v) is 8.99. The van der Waals surface area contributed by atoms with E-state index in [0.717, 1.165) is 17.7 Å². The van der Waals surface area contributed by atoms with Gasteiger partial charge in [0.25, 0.3) is 5.91 Å². The van der Waals surface area contributed by atoms with Crippen LogP contribution in [0.15, 0.2) is 48.5 Å². The summed E-state index contributed by atoms with van der Waals surface area (Å²) in [5.74, 6) is -0.801. The van der Waals surface area contributed by atoms with E-state index < -0.39 is 17.5 Å². The van der Waals surface area contributed by atoms with Crippen molar-refractivity contribution in [1.82, 2.24) is 0 Å². The van der Waals surface area contributed by atoms with Crippen molar-refractivity contribution in [3.63, 3.8) is 0 Å². The van der Waals surface area contributed by atoms with Gasteiger partial charge in [0.15, 0.2) is 5.60 Å². The van der Waals surface area contributed by atoms with Crippen LogP contribution in [-0.2, 0) is 20.7 Å². The van der Waals surface area contributed by atoms with Gasteiger partial charge in [-0.1, -0.05) is 24.3 Å². The molecule has 2 aromatic carbocycles. The molecule has 2 aromatic rings. The minimum atomic E-state index is -1.29. The first-order valence-electron chi connectivity index (χ1n) is 8.99. The number of fused-ring (bicyclic) bond motifs is 1. The third-order valence-corrected chi connectivity index (χ3v) is 5.05. The molecular weight excluding hydrogens is 344 g/mol. The molecule has 2 aliphatic heterocycles. The number of amides is 2. The highest BCUT2D eigenvalue weighted by molar-refractivity contribution is 6.03. The van der Waals surface area contributed by atoms with Crippen LogP contribution < -0.4 is 10.2 Å². The highest BCUT2D eigenvalue weighted by Gasteiger charge is 2.42. The van der Waals surface area contributed by atoms with Crippen LogP contribution in [0.2, 0.25) is 0 Å². The summed E-state index contributed by atoms with van der Waals surface area (Å²) in [6, 6.07) is 14.3. The number of cyclic esters (lactones) is 1. The van der Waals surface area contributed by atoms with E-state index >= 15 is 0 Å². The molecule has 1 N–H and O–H groups in total. The third kappa shape index (κ3) is 3.18. The third-order valence-electron chi connectivity index (χ3n) is 5.05. The molecule has 0 aromatic heterocycles. The largest absolute Gasteiger partial charge is 0.445 e. The standard InChI is InChI=1S/C21H20N2O4/c1-21(13-14-6-2-3-9-17(14)19(25)27-21)20(26)22-15-7-4-8-16(12-15)23-11-5-10-18(23)24/h2-4,6-9,12H,5,10-11,13H2,1H3,(H,22,26)/t21-/m0/s1. The first-order chi connectivity index (χ1) is 13.0. The summed E-state index contributed by atoms with van der Waals surface area (Å²) in [6.45, 7) is 2.30. The number of nitrogens with one attached hydrogen (secondary N) is 1. The molecule has 1 atom stereocenters. The van der Waals surface area contributed by atoms with Crippen molar-refractivity contribution in [2.75, 3.05) is 16.8 Å². The normalized spacial score (nSPS) is 21.6. The van der Waals surface area contributed by atoms with Crippen molar-refractivity contribution in [3.8, 4) is 0 Å². The van der Waals surface area contributed by atoms with Crippen LogP contribution in [0.4, 0.5) is 11.4 Å². The van der Waals surface area contributed by atoms with Gasteiger partial charge in [-0.3, -0.25) is 9.59 Å². The maximum atomic E-state index is 12.9. The van der Waals surface area contributed by atoms with Gasteiger partial charge in [-0.25, -0.2) is 4.79 Å². The number of carbonyl (C=O) groups is 3. The number of carbonyl (C=O) groups excluding carboxylic acids is 3. The smallest absolute Gasteiger partial charge is 0.339 e. The molecule has 138 valence electrons. The molecule has 1 saturated heterocycles. The molecule has 0 radical (unpaired) electrons.